The highest BCUT2D eigenvalue weighted by atomic mass is 16.4. The molecule has 0 bridgehead atoms. The lowest BCUT2D eigenvalue weighted by Crippen LogP contribution is -2.27. The van der Waals surface area contributed by atoms with Crippen LogP contribution >= 0.6 is 0 Å². The van der Waals surface area contributed by atoms with Crippen molar-refractivity contribution in [2.45, 2.75) is 12.5 Å². The number of aromatic carboxylic acids is 1. The van der Waals surface area contributed by atoms with Gasteiger partial charge in [-0.2, -0.15) is 0 Å². The van der Waals surface area contributed by atoms with Crippen LogP contribution in [0.1, 0.15) is 16.8 Å². The second-order valence-electron chi connectivity index (χ2n) is 4.90. The van der Waals surface area contributed by atoms with E-state index in [1.165, 1.54) is 6.20 Å². The molecule has 7 nitrogen and oxygen atoms in total. The number of anilines is 1. The zero-order valence-electron chi connectivity index (χ0n) is 10.7. The van der Waals surface area contributed by atoms with Crippen LogP contribution in [0.4, 0.5) is 5.82 Å². The van der Waals surface area contributed by atoms with Gasteiger partial charge in [-0.15, -0.1) is 0 Å². The molecule has 0 radical (unpaired) electrons. The summed E-state index contributed by atoms with van der Waals surface area (Å²) in [6.45, 7) is 1.56. The number of hydrogen-bond donors (Lipinski definition) is 3. The van der Waals surface area contributed by atoms with E-state index in [2.05, 4.69) is 9.97 Å². The van der Waals surface area contributed by atoms with Crippen LogP contribution in [0.15, 0.2) is 23.1 Å². The molecule has 3 heterocycles. The SMILES string of the molecule is NC1CCN(c2ccc3c(=O)c(C(=O)O)c[nH]c3n2)C1. The smallest absolute Gasteiger partial charge is 0.341 e. The van der Waals surface area contributed by atoms with Gasteiger partial charge >= 0.3 is 5.97 Å². The van der Waals surface area contributed by atoms with Gasteiger partial charge < -0.3 is 20.7 Å². The van der Waals surface area contributed by atoms with E-state index < -0.39 is 11.4 Å². The maximum Gasteiger partial charge on any atom is 0.341 e. The minimum Gasteiger partial charge on any atom is -0.477 e. The molecule has 0 aromatic carbocycles. The molecular formula is C13H14N4O3. The molecule has 0 saturated carbocycles. The number of nitrogens with one attached hydrogen (secondary N) is 1. The third-order valence-electron chi connectivity index (χ3n) is 3.50. The lowest BCUT2D eigenvalue weighted by molar-refractivity contribution is 0.0695. The van der Waals surface area contributed by atoms with Crippen molar-refractivity contribution < 1.29 is 9.90 Å². The number of hydrogen-bond acceptors (Lipinski definition) is 5. The van der Waals surface area contributed by atoms with Gasteiger partial charge in [-0.1, -0.05) is 0 Å². The number of rotatable bonds is 2. The van der Waals surface area contributed by atoms with Gasteiger partial charge in [-0.3, -0.25) is 4.79 Å². The van der Waals surface area contributed by atoms with Gasteiger partial charge in [0.15, 0.2) is 0 Å². The topological polar surface area (TPSA) is 112 Å². The van der Waals surface area contributed by atoms with E-state index in [1.807, 2.05) is 4.90 Å². The van der Waals surface area contributed by atoms with E-state index in [-0.39, 0.29) is 17.0 Å². The number of aromatic amines is 1. The van der Waals surface area contributed by atoms with Gasteiger partial charge in [-0.05, 0) is 18.6 Å². The Kier molecular flexibility index (Phi) is 2.90. The zero-order valence-corrected chi connectivity index (χ0v) is 10.7. The van der Waals surface area contributed by atoms with E-state index in [0.29, 0.717) is 5.65 Å². The van der Waals surface area contributed by atoms with Crippen LogP contribution in [-0.2, 0) is 0 Å². The maximum absolute atomic E-state index is 12.0. The Morgan fingerprint density at radius 1 is 1.50 bits per heavy atom. The molecular weight excluding hydrogens is 260 g/mol. The van der Waals surface area contributed by atoms with Gasteiger partial charge in [0, 0.05) is 25.3 Å². The fourth-order valence-electron chi connectivity index (χ4n) is 2.42. The van der Waals surface area contributed by atoms with Crippen molar-refractivity contribution in [3.8, 4) is 0 Å². The summed E-state index contributed by atoms with van der Waals surface area (Å²) >= 11 is 0. The van der Waals surface area contributed by atoms with Gasteiger partial charge in [0.1, 0.15) is 17.0 Å². The number of aromatic nitrogens is 2. The van der Waals surface area contributed by atoms with Crippen molar-refractivity contribution in [2.24, 2.45) is 5.73 Å². The van der Waals surface area contributed by atoms with Crippen molar-refractivity contribution >= 4 is 22.8 Å². The Hall–Kier alpha value is -2.41. The molecule has 0 aliphatic carbocycles. The first kappa shape index (κ1) is 12.6. The number of nitrogens with two attached hydrogens (primary N) is 1. The molecule has 1 fully saturated rings. The van der Waals surface area contributed by atoms with Crippen LogP contribution in [0.25, 0.3) is 11.0 Å². The second kappa shape index (κ2) is 4.61. The summed E-state index contributed by atoms with van der Waals surface area (Å²) < 4.78 is 0. The summed E-state index contributed by atoms with van der Waals surface area (Å²) in [6.07, 6.45) is 2.09. The zero-order chi connectivity index (χ0) is 14.3. The number of fused-ring (bicyclic) bond motifs is 1. The van der Waals surface area contributed by atoms with Crippen molar-refractivity contribution in [2.75, 3.05) is 18.0 Å². The van der Waals surface area contributed by atoms with Crippen LogP contribution in [0.3, 0.4) is 0 Å². The fraction of sp³-hybridized carbons (Fsp3) is 0.308. The summed E-state index contributed by atoms with van der Waals surface area (Å²) in [6, 6.07) is 3.47. The van der Waals surface area contributed by atoms with Gasteiger partial charge in [0.25, 0.3) is 0 Å². The molecule has 2 aromatic rings. The number of nitrogens with zero attached hydrogens (tertiary/aromatic N) is 2. The van der Waals surface area contributed by atoms with E-state index >= 15 is 0 Å². The first-order valence-corrected chi connectivity index (χ1v) is 6.32. The summed E-state index contributed by atoms with van der Waals surface area (Å²) in [4.78, 5) is 32.1. The van der Waals surface area contributed by atoms with E-state index in [0.717, 1.165) is 25.3 Å². The first-order chi connectivity index (χ1) is 9.56. The van der Waals surface area contributed by atoms with Gasteiger partial charge in [0.2, 0.25) is 5.43 Å². The molecule has 1 aliphatic rings. The third-order valence-corrected chi connectivity index (χ3v) is 3.50. The highest BCUT2D eigenvalue weighted by Crippen LogP contribution is 2.19. The van der Waals surface area contributed by atoms with E-state index in [9.17, 15) is 9.59 Å². The standard InChI is InChI=1S/C13H14N4O3/c14-7-3-4-17(6-7)10-2-1-8-11(18)9(13(19)20)5-15-12(8)16-10/h1-2,5,7H,3-4,6,14H2,(H,19,20)(H,15,16,18). The predicted molar refractivity (Wildman–Crippen MR) is 74.1 cm³/mol. The Balaban J connectivity index is 2.07. The second-order valence-corrected chi connectivity index (χ2v) is 4.90. The molecule has 3 rings (SSSR count). The molecule has 0 amide bonds. The predicted octanol–water partition coefficient (Wildman–Crippen LogP) is 0.159. The molecule has 4 N–H and O–H groups in total. The molecule has 1 unspecified atom stereocenters. The highest BCUT2D eigenvalue weighted by Gasteiger charge is 2.21. The van der Waals surface area contributed by atoms with Crippen LogP contribution < -0.4 is 16.1 Å². The summed E-state index contributed by atoms with van der Waals surface area (Å²) in [7, 11) is 0. The molecule has 7 heteroatoms. The fourth-order valence-corrected chi connectivity index (χ4v) is 2.42. The number of H-pyrrole nitrogens is 1. The number of carboxylic acids is 1. The minimum atomic E-state index is -1.25. The minimum absolute atomic E-state index is 0.140. The lowest BCUT2D eigenvalue weighted by atomic mass is 10.2. The summed E-state index contributed by atoms with van der Waals surface area (Å²) in [5.74, 6) is -0.507. The normalized spacial score (nSPS) is 18.6. The Morgan fingerprint density at radius 2 is 2.30 bits per heavy atom. The largest absolute Gasteiger partial charge is 0.477 e. The van der Waals surface area contributed by atoms with Gasteiger partial charge in [-0.25, -0.2) is 9.78 Å². The lowest BCUT2D eigenvalue weighted by Gasteiger charge is -2.16. The molecule has 0 spiro atoms. The number of carboxylic acid groups (broad SMARTS) is 1. The summed E-state index contributed by atoms with van der Waals surface area (Å²) in [5, 5.41) is 9.19. The average Bonchev–Trinajstić information content (AvgIpc) is 2.85. The Bertz CT molecular complexity index is 740. The molecule has 1 atom stereocenters. The van der Waals surface area contributed by atoms with Crippen LogP contribution in [0.5, 0.6) is 0 Å². The molecule has 104 valence electrons. The molecule has 20 heavy (non-hydrogen) atoms. The molecule has 2 aromatic heterocycles. The van der Waals surface area contributed by atoms with Crippen molar-refractivity contribution in [1.29, 1.82) is 0 Å². The average molecular weight is 274 g/mol. The molecule has 1 aliphatic heterocycles. The maximum atomic E-state index is 12.0. The van der Waals surface area contributed by atoms with Crippen LogP contribution in [-0.4, -0.2) is 40.2 Å². The quantitative estimate of drug-likeness (QED) is 0.719. The summed E-state index contributed by atoms with van der Waals surface area (Å²) in [5.41, 5.74) is 5.44. The number of pyridine rings is 2. The first-order valence-electron chi connectivity index (χ1n) is 6.32. The third kappa shape index (κ3) is 2.01. The Morgan fingerprint density at radius 3 is 2.95 bits per heavy atom. The van der Waals surface area contributed by atoms with Crippen molar-refractivity contribution in [1.82, 2.24) is 9.97 Å². The number of carbonyl (C=O) groups is 1. The van der Waals surface area contributed by atoms with Crippen molar-refractivity contribution in [3.05, 3.63) is 34.1 Å². The van der Waals surface area contributed by atoms with Crippen molar-refractivity contribution in [3.63, 3.8) is 0 Å². The van der Waals surface area contributed by atoms with Crippen LogP contribution in [0.2, 0.25) is 0 Å². The molecule has 1 saturated heterocycles. The monoisotopic (exact) mass is 274 g/mol. The van der Waals surface area contributed by atoms with Crippen LogP contribution in [0, 0.1) is 0 Å². The van der Waals surface area contributed by atoms with Gasteiger partial charge in [0.05, 0.1) is 5.39 Å². The highest BCUT2D eigenvalue weighted by molar-refractivity contribution is 5.91. The van der Waals surface area contributed by atoms with E-state index in [4.69, 9.17) is 10.8 Å². The van der Waals surface area contributed by atoms with E-state index in [1.54, 1.807) is 12.1 Å². The Labute approximate surface area is 114 Å².